The molecule has 0 amide bonds. The molecule has 1 aliphatic heterocycles. The number of thiazole rings is 1. The number of aromatic nitrogens is 1. The molecular formula is C14H21N5O3S2. The van der Waals surface area contributed by atoms with Crippen molar-refractivity contribution in [2.45, 2.75) is 48.2 Å². The molecule has 24 heavy (non-hydrogen) atoms. The van der Waals surface area contributed by atoms with Crippen molar-refractivity contribution >= 4 is 29.1 Å². The number of hydrogen-bond acceptors (Lipinski definition) is 6. The van der Waals surface area contributed by atoms with E-state index < -0.39 is 5.03 Å². The Morgan fingerprint density at radius 3 is 3.00 bits per heavy atom. The molecule has 1 saturated heterocycles. The van der Waals surface area contributed by atoms with Crippen LogP contribution in [0.15, 0.2) is 15.6 Å². The molecule has 0 N–H and O–H groups in total. The zero-order valence-corrected chi connectivity index (χ0v) is 15.2. The molecule has 0 atom stereocenters. The highest BCUT2D eigenvalue weighted by molar-refractivity contribution is 8.01. The fourth-order valence-corrected chi connectivity index (χ4v) is 5.45. The van der Waals surface area contributed by atoms with Gasteiger partial charge in [0.1, 0.15) is 22.9 Å². The Hall–Kier alpha value is -1.39. The molecule has 0 aromatic carbocycles. The first-order valence-corrected chi connectivity index (χ1v) is 9.69. The molecule has 0 unspecified atom stereocenters. The monoisotopic (exact) mass is 371 g/mol. The first-order valence-electron chi connectivity index (χ1n) is 8.00. The van der Waals surface area contributed by atoms with Crippen LogP contribution in [-0.2, 0) is 11.3 Å². The maximum atomic E-state index is 10.7. The number of guanidine groups is 1. The zero-order chi connectivity index (χ0) is 16.9. The topological polar surface area (TPSA) is 84.1 Å². The Morgan fingerprint density at radius 1 is 1.46 bits per heavy atom. The fourth-order valence-electron chi connectivity index (χ4n) is 2.90. The molecular weight excluding hydrogens is 350 g/mol. The van der Waals surface area contributed by atoms with Gasteiger partial charge in [0, 0.05) is 23.4 Å². The number of rotatable bonds is 5. The predicted molar refractivity (Wildman–Crippen MR) is 93.4 cm³/mol. The number of thioether (sulfide) groups is 1. The maximum Gasteiger partial charge on any atom is 0.277 e. The molecule has 0 radical (unpaired) electrons. The molecule has 1 aromatic heterocycles. The van der Waals surface area contributed by atoms with Gasteiger partial charge in [-0.3, -0.25) is 0 Å². The summed E-state index contributed by atoms with van der Waals surface area (Å²) >= 11 is 3.52. The Balaban J connectivity index is 1.63. The van der Waals surface area contributed by atoms with Gasteiger partial charge in [0.25, 0.3) is 5.96 Å². The van der Waals surface area contributed by atoms with Gasteiger partial charge in [-0.15, -0.1) is 11.3 Å². The third-order valence-corrected chi connectivity index (χ3v) is 6.45. The van der Waals surface area contributed by atoms with Crippen LogP contribution < -0.4 is 0 Å². The minimum atomic E-state index is -0.665. The van der Waals surface area contributed by atoms with Crippen LogP contribution in [0.5, 0.6) is 0 Å². The van der Waals surface area contributed by atoms with E-state index >= 15 is 0 Å². The zero-order valence-electron chi connectivity index (χ0n) is 13.6. The van der Waals surface area contributed by atoms with E-state index in [-0.39, 0.29) is 0 Å². The lowest BCUT2D eigenvalue weighted by molar-refractivity contribution is -0.486. The summed E-state index contributed by atoms with van der Waals surface area (Å²) in [6.45, 7) is 1.11. The molecule has 0 bridgehead atoms. The minimum Gasteiger partial charge on any atom is -0.341 e. The lowest BCUT2D eigenvalue weighted by Gasteiger charge is -2.34. The number of hydrazone groups is 1. The van der Waals surface area contributed by atoms with E-state index in [9.17, 15) is 10.1 Å². The SMILES string of the molecule is CN1COCN(Cc2cnc(SC3CCCCC3)s2)C1=N[N+](=O)[O-]. The summed E-state index contributed by atoms with van der Waals surface area (Å²) < 4.78 is 6.51. The van der Waals surface area contributed by atoms with Gasteiger partial charge in [-0.25, -0.2) is 15.1 Å². The van der Waals surface area contributed by atoms with Crippen molar-refractivity contribution in [3.8, 4) is 0 Å². The van der Waals surface area contributed by atoms with Crippen LogP contribution in [0, 0.1) is 10.1 Å². The van der Waals surface area contributed by atoms with Gasteiger partial charge in [-0.1, -0.05) is 31.0 Å². The van der Waals surface area contributed by atoms with Crippen molar-refractivity contribution in [2.24, 2.45) is 5.10 Å². The molecule has 8 nitrogen and oxygen atoms in total. The van der Waals surface area contributed by atoms with Crippen LogP contribution in [-0.4, -0.2) is 51.5 Å². The van der Waals surface area contributed by atoms with Crippen LogP contribution in [0.2, 0.25) is 0 Å². The van der Waals surface area contributed by atoms with Crippen molar-refractivity contribution in [1.29, 1.82) is 0 Å². The summed E-state index contributed by atoms with van der Waals surface area (Å²) in [4.78, 5) is 19.7. The summed E-state index contributed by atoms with van der Waals surface area (Å²) in [7, 11) is 1.73. The highest BCUT2D eigenvalue weighted by Crippen LogP contribution is 2.35. The van der Waals surface area contributed by atoms with Crippen molar-refractivity contribution in [1.82, 2.24) is 14.8 Å². The van der Waals surface area contributed by atoms with Gasteiger partial charge >= 0.3 is 0 Å². The predicted octanol–water partition coefficient (Wildman–Crippen LogP) is 2.79. The third kappa shape index (κ3) is 4.58. The number of nitro groups is 1. The lowest BCUT2D eigenvalue weighted by Crippen LogP contribution is -2.49. The molecule has 3 rings (SSSR count). The maximum absolute atomic E-state index is 10.7. The number of hydrogen-bond donors (Lipinski definition) is 0. The minimum absolute atomic E-state index is 0.292. The largest absolute Gasteiger partial charge is 0.341 e. The highest BCUT2D eigenvalue weighted by Gasteiger charge is 2.26. The third-order valence-electron chi connectivity index (χ3n) is 4.03. The standard InChI is InChI=1S/C14H21N5O3S2/c1-17-9-22-10-18(13(17)16-19(20)21)8-12-7-15-14(24-12)23-11-5-3-2-4-6-11/h7,11H,2-6,8-10H2,1H3. The summed E-state index contributed by atoms with van der Waals surface area (Å²) in [5.74, 6) is 0.320. The lowest BCUT2D eigenvalue weighted by atomic mass is 10.0. The van der Waals surface area contributed by atoms with Crippen LogP contribution in [0.25, 0.3) is 0 Å². The quantitative estimate of drug-likeness (QED) is 0.581. The van der Waals surface area contributed by atoms with E-state index in [1.165, 1.54) is 32.1 Å². The van der Waals surface area contributed by atoms with Gasteiger partial charge < -0.3 is 14.5 Å². The van der Waals surface area contributed by atoms with E-state index in [1.807, 2.05) is 18.0 Å². The van der Waals surface area contributed by atoms with Crippen molar-refractivity contribution in [3.05, 3.63) is 21.2 Å². The van der Waals surface area contributed by atoms with Gasteiger partial charge in [-0.2, -0.15) is 0 Å². The Bertz CT molecular complexity index is 603. The second-order valence-corrected chi connectivity index (χ2v) is 8.63. The van der Waals surface area contributed by atoms with Crippen LogP contribution in [0.1, 0.15) is 37.0 Å². The van der Waals surface area contributed by atoms with E-state index in [1.54, 1.807) is 28.2 Å². The summed E-state index contributed by atoms with van der Waals surface area (Å²) in [6, 6.07) is 0. The molecule has 10 heteroatoms. The Kier molecular flexibility index (Phi) is 5.90. The molecule has 2 fully saturated rings. The average molecular weight is 371 g/mol. The summed E-state index contributed by atoms with van der Waals surface area (Å²) in [5, 5.41) is 14.2. The van der Waals surface area contributed by atoms with Crippen molar-refractivity contribution in [2.75, 3.05) is 20.5 Å². The van der Waals surface area contributed by atoms with Crippen LogP contribution in [0.4, 0.5) is 0 Å². The van der Waals surface area contributed by atoms with Gasteiger partial charge in [0.15, 0.2) is 5.03 Å². The first-order chi connectivity index (χ1) is 11.6. The number of ether oxygens (including phenoxy) is 1. The van der Waals surface area contributed by atoms with Gasteiger partial charge in [-0.05, 0) is 12.8 Å². The van der Waals surface area contributed by atoms with E-state index in [0.717, 1.165) is 9.22 Å². The molecule has 1 saturated carbocycles. The fraction of sp³-hybridized carbons (Fsp3) is 0.714. The molecule has 2 aliphatic rings. The first kappa shape index (κ1) is 17.4. The molecule has 1 aromatic rings. The Morgan fingerprint density at radius 2 is 2.25 bits per heavy atom. The van der Waals surface area contributed by atoms with Gasteiger partial charge in [0.05, 0.1) is 6.54 Å². The molecule has 132 valence electrons. The van der Waals surface area contributed by atoms with E-state index in [0.29, 0.717) is 31.2 Å². The average Bonchev–Trinajstić information content (AvgIpc) is 2.98. The molecule has 1 aliphatic carbocycles. The molecule has 0 spiro atoms. The van der Waals surface area contributed by atoms with Crippen LogP contribution >= 0.6 is 23.1 Å². The van der Waals surface area contributed by atoms with E-state index in [4.69, 9.17) is 4.74 Å². The smallest absolute Gasteiger partial charge is 0.277 e. The highest BCUT2D eigenvalue weighted by atomic mass is 32.2. The van der Waals surface area contributed by atoms with Crippen molar-refractivity contribution in [3.63, 3.8) is 0 Å². The van der Waals surface area contributed by atoms with Crippen LogP contribution in [0.3, 0.4) is 0 Å². The number of nitrogens with zero attached hydrogens (tertiary/aromatic N) is 5. The summed E-state index contributed by atoms with van der Waals surface area (Å²) in [5.41, 5.74) is 0. The molecule has 2 heterocycles. The Labute approximate surface area is 149 Å². The van der Waals surface area contributed by atoms with Gasteiger partial charge in [0.2, 0.25) is 0 Å². The van der Waals surface area contributed by atoms with E-state index in [2.05, 4.69) is 10.1 Å². The summed E-state index contributed by atoms with van der Waals surface area (Å²) in [6.07, 6.45) is 8.37. The second kappa shape index (κ2) is 8.13. The van der Waals surface area contributed by atoms with Crippen molar-refractivity contribution < 1.29 is 9.77 Å². The normalized spacial score (nSPS) is 21.5. The second-order valence-electron chi connectivity index (χ2n) is 5.97.